The molecule has 2 atom stereocenters. The average Bonchev–Trinajstić information content (AvgIpc) is 2.69. The zero-order valence-electron chi connectivity index (χ0n) is 16.1. The number of nitrogens with zero attached hydrogens (tertiary/aromatic N) is 1. The van der Waals surface area contributed by atoms with Crippen molar-refractivity contribution in [3.8, 4) is 0 Å². The zero-order chi connectivity index (χ0) is 21.5. The molecule has 29 heavy (non-hydrogen) atoms. The van der Waals surface area contributed by atoms with Crippen LogP contribution in [0, 0.1) is 5.41 Å². The van der Waals surface area contributed by atoms with Crippen LogP contribution in [0.15, 0.2) is 35.5 Å². The van der Waals surface area contributed by atoms with E-state index < -0.39 is 22.7 Å². The van der Waals surface area contributed by atoms with Crippen LogP contribution in [0.2, 0.25) is 0 Å². The fourth-order valence-corrected chi connectivity index (χ4v) is 4.64. The summed E-state index contributed by atoms with van der Waals surface area (Å²) in [6.07, 6.45) is 0. The molecule has 1 aromatic rings. The summed E-state index contributed by atoms with van der Waals surface area (Å²) < 4.78 is 5.35. The number of hydrogen-bond acceptors (Lipinski definition) is 6. The van der Waals surface area contributed by atoms with Crippen molar-refractivity contribution in [2.75, 3.05) is 12.4 Å². The Morgan fingerprint density at radius 1 is 1.21 bits per heavy atom. The number of alkyl halides is 1. The molecule has 0 aromatic heterocycles. The van der Waals surface area contributed by atoms with Crippen LogP contribution in [0.4, 0.5) is 0 Å². The second kappa shape index (κ2) is 7.84. The number of β-lactam (4-membered cyclic amide) rings is 1. The first-order chi connectivity index (χ1) is 13.5. The monoisotopic (exact) mass is 437 g/mol. The summed E-state index contributed by atoms with van der Waals surface area (Å²) in [6, 6.07) is 5.36. The molecule has 0 spiro atoms. The molecule has 2 aliphatic rings. The summed E-state index contributed by atoms with van der Waals surface area (Å²) in [5.41, 5.74) is 0.350. The van der Waals surface area contributed by atoms with Gasteiger partial charge in [-0.2, -0.15) is 0 Å². The van der Waals surface area contributed by atoms with Gasteiger partial charge in [0.05, 0.1) is 16.8 Å². The van der Waals surface area contributed by atoms with Gasteiger partial charge in [-0.15, -0.1) is 23.4 Å². The third-order valence-electron chi connectivity index (χ3n) is 4.62. The molecule has 0 saturated carbocycles. The number of halogens is 1. The standard InChI is InChI=1S/C20H20ClNO6S/c1-20(2,3)15(23)14-12(9-29-17-13(21)16(24)22(14)17)8-28-19(27)11-6-4-10(5-7-11)18(25)26/h4-7,13,17H,8-9H2,1-3H3,(H,25,26)/t13-,17-/m0/s1. The molecule has 9 heteroatoms. The van der Waals surface area contributed by atoms with Gasteiger partial charge in [0.25, 0.3) is 0 Å². The van der Waals surface area contributed by atoms with Crippen molar-refractivity contribution in [3.63, 3.8) is 0 Å². The number of esters is 1. The molecule has 1 aromatic carbocycles. The van der Waals surface area contributed by atoms with Crippen LogP contribution in [0.3, 0.4) is 0 Å². The highest BCUT2D eigenvalue weighted by atomic mass is 35.5. The van der Waals surface area contributed by atoms with Crippen LogP contribution in [0.5, 0.6) is 0 Å². The van der Waals surface area contributed by atoms with Crippen molar-refractivity contribution < 1.29 is 29.0 Å². The number of benzene rings is 1. The number of aromatic carboxylic acids is 1. The summed E-state index contributed by atoms with van der Waals surface area (Å²) in [5, 5.41) is 7.96. The van der Waals surface area contributed by atoms with Crippen molar-refractivity contribution in [1.82, 2.24) is 4.90 Å². The van der Waals surface area contributed by atoms with Crippen molar-refractivity contribution in [3.05, 3.63) is 46.7 Å². The number of rotatable bonds is 5. The van der Waals surface area contributed by atoms with Crippen molar-refractivity contribution >= 4 is 47.0 Å². The minimum atomic E-state index is -1.09. The molecular weight excluding hydrogens is 418 g/mol. The van der Waals surface area contributed by atoms with E-state index >= 15 is 0 Å². The van der Waals surface area contributed by atoms with E-state index in [9.17, 15) is 19.2 Å². The molecule has 154 valence electrons. The largest absolute Gasteiger partial charge is 0.478 e. The Kier molecular flexibility index (Phi) is 5.78. The summed E-state index contributed by atoms with van der Waals surface area (Å²) >= 11 is 7.50. The van der Waals surface area contributed by atoms with Gasteiger partial charge in [-0.1, -0.05) is 20.8 Å². The first-order valence-corrected chi connectivity index (χ1v) is 10.4. The molecule has 1 amide bonds. The lowest BCUT2D eigenvalue weighted by molar-refractivity contribution is -0.141. The fraction of sp³-hybridized carbons (Fsp3) is 0.400. The van der Waals surface area contributed by atoms with Gasteiger partial charge in [0.1, 0.15) is 17.4 Å². The fourth-order valence-electron chi connectivity index (χ4n) is 2.97. The number of fused-ring (bicyclic) bond motifs is 1. The maximum absolute atomic E-state index is 13.0. The highest BCUT2D eigenvalue weighted by Gasteiger charge is 2.53. The van der Waals surface area contributed by atoms with Gasteiger partial charge in [0.15, 0.2) is 5.78 Å². The molecule has 7 nitrogen and oxygen atoms in total. The number of carboxylic acids is 1. The number of ether oxygens (including phenoxy) is 1. The van der Waals surface area contributed by atoms with Gasteiger partial charge in [-0.3, -0.25) is 14.5 Å². The number of amides is 1. The van der Waals surface area contributed by atoms with E-state index in [-0.39, 0.29) is 40.5 Å². The Balaban J connectivity index is 1.81. The lowest BCUT2D eigenvalue weighted by Crippen LogP contribution is -2.63. The van der Waals surface area contributed by atoms with E-state index in [1.165, 1.54) is 40.9 Å². The van der Waals surface area contributed by atoms with Crippen molar-refractivity contribution in [1.29, 1.82) is 0 Å². The molecule has 1 N–H and O–H groups in total. The lowest BCUT2D eigenvalue weighted by Gasteiger charge is -2.48. The third kappa shape index (κ3) is 4.04. The number of carboxylic acid groups (broad SMARTS) is 1. The molecule has 2 heterocycles. The minimum absolute atomic E-state index is 0.0592. The van der Waals surface area contributed by atoms with E-state index in [2.05, 4.69) is 0 Å². The highest BCUT2D eigenvalue weighted by molar-refractivity contribution is 8.00. The molecular formula is C20H20ClNO6S. The van der Waals surface area contributed by atoms with Gasteiger partial charge in [-0.25, -0.2) is 9.59 Å². The number of Topliss-reactive ketones (excluding diaryl/α,β-unsaturated/α-hetero) is 1. The zero-order valence-corrected chi connectivity index (χ0v) is 17.7. The molecule has 1 saturated heterocycles. The number of carbonyl (C=O) groups is 4. The first kappa shape index (κ1) is 21.4. The Bertz CT molecular complexity index is 918. The summed E-state index contributed by atoms with van der Waals surface area (Å²) in [4.78, 5) is 49.9. The van der Waals surface area contributed by atoms with Crippen LogP contribution in [-0.4, -0.2) is 56.7 Å². The van der Waals surface area contributed by atoms with E-state index in [1.807, 2.05) is 0 Å². The topological polar surface area (TPSA) is 101 Å². The van der Waals surface area contributed by atoms with Crippen LogP contribution in [0.1, 0.15) is 41.5 Å². The molecule has 0 radical (unpaired) electrons. The van der Waals surface area contributed by atoms with E-state index in [4.69, 9.17) is 21.4 Å². The molecule has 0 aliphatic carbocycles. The van der Waals surface area contributed by atoms with Crippen LogP contribution >= 0.6 is 23.4 Å². The number of ketones is 1. The van der Waals surface area contributed by atoms with E-state index in [0.717, 1.165) is 0 Å². The summed E-state index contributed by atoms with van der Waals surface area (Å²) in [6.45, 7) is 5.13. The highest BCUT2D eigenvalue weighted by Crippen LogP contribution is 2.44. The number of carbonyl (C=O) groups excluding carboxylic acids is 3. The predicted octanol–water partition coefficient (Wildman–Crippen LogP) is 2.93. The normalized spacial score (nSPS) is 21.4. The van der Waals surface area contributed by atoms with Crippen molar-refractivity contribution in [2.45, 2.75) is 31.5 Å². The van der Waals surface area contributed by atoms with E-state index in [0.29, 0.717) is 11.3 Å². The average molecular weight is 438 g/mol. The van der Waals surface area contributed by atoms with Crippen LogP contribution in [-0.2, 0) is 14.3 Å². The summed E-state index contributed by atoms with van der Waals surface area (Å²) in [5.74, 6) is -1.86. The Hall–Kier alpha value is -2.32. The molecule has 2 aliphatic heterocycles. The first-order valence-electron chi connectivity index (χ1n) is 8.88. The van der Waals surface area contributed by atoms with Crippen molar-refractivity contribution in [2.24, 2.45) is 5.41 Å². The van der Waals surface area contributed by atoms with Crippen LogP contribution < -0.4 is 0 Å². The Morgan fingerprint density at radius 2 is 1.79 bits per heavy atom. The number of thioether (sulfide) groups is 1. The van der Waals surface area contributed by atoms with Gasteiger partial charge in [0.2, 0.25) is 5.91 Å². The smallest absolute Gasteiger partial charge is 0.338 e. The maximum atomic E-state index is 13.0. The van der Waals surface area contributed by atoms with E-state index in [1.54, 1.807) is 20.8 Å². The molecule has 3 rings (SSSR count). The Labute approximate surface area is 177 Å². The second-order valence-electron chi connectivity index (χ2n) is 7.80. The van der Waals surface area contributed by atoms with Gasteiger partial charge < -0.3 is 9.84 Å². The Morgan fingerprint density at radius 3 is 2.34 bits per heavy atom. The molecule has 1 fully saturated rings. The summed E-state index contributed by atoms with van der Waals surface area (Å²) in [7, 11) is 0. The van der Waals surface area contributed by atoms with Gasteiger partial charge >= 0.3 is 11.9 Å². The molecule has 0 bridgehead atoms. The maximum Gasteiger partial charge on any atom is 0.338 e. The third-order valence-corrected chi connectivity index (χ3v) is 6.54. The predicted molar refractivity (Wildman–Crippen MR) is 108 cm³/mol. The molecule has 0 unspecified atom stereocenters. The lowest BCUT2D eigenvalue weighted by atomic mass is 9.86. The quantitative estimate of drug-likeness (QED) is 0.429. The SMILES string of the molecule is CC(C)(C)C(=O)C1=C(COC(=O)c2ccc(C(=O)O)cc2)CS[C@H]2[C@@H](Cl)C(=O)N12. The number of allylic oxidation sites excluding steroid dienone is 1. The minimum Gasteiger partial charge on any atom is -0.478 e. The van der Waals surface area contributed by atoms with Gasteiger partial charge in [0, 0.05) is 16.7 Å². The number of hydrogen-bond donors (Lipinski definition) is 1. The van der Waals surface area contributed by atoms with Crippen LogP contribution in [0.25, 0.3) is 0 Å². The second-order valence-corrected chi connectivity index (χ2v) is 9.38. The van der Waals surface area contributed by atoms with Gasteiger partial charge in [-0.05, 0) is 24.3 Å².